The number of nitrogens with one attached hydrogen (secondary N) is 4. The zero-order valence-corrected chi connectivity index (χ0v) is 29.7. The molecule has 11 heteroatoms. The van der Waals surface area contributed by atoms with Gasteiger partial charge in [-0.2, -0.15) is 0 Å². The van der Waals surface area contributed by atoms with Crippen LogP contribution in [0.5, 0.6) is 5.75 Å². The summed E-state index contributed by atoms with van der Waals surface area (Å²) in [5, 5.41) is 31.3. The maximum atomic E-state index is 14.2. The van der Waals surface area contributed by atoms with Crippen molar-refractivity contribution in [3.63, 3.8) is 0 Å². The molecule has 274 valence electrons. The number of rotatable bonds is 14. The molecule has 6 N–H and O–H groups in total. The number of carbonyl (C=O) groups excluding carboxylic acids is 2. The number of carbonyl (C=O) groups is 2. The highest BCUT2D eigenvalue weighted by Crippen LogP contribution is 2.41. The third kappa shape index (κ3) is 7.50. The number of phenolic OH excluding ortho intramolecular Hbond substituents is 1. The number of amides is 1. The quantitative estimate of drug-likeness (QED) is 0.0845. The number of aliphatic hydroxyl groups is 1. The number of aromatic amines is 1. The van der Waals surface area contributed by atoms with Gasteiger partial charge in [-0.1, -0.05) is 36.4 Å². The minimum absolute atomic E-state index is 0.0441. The van der Waals surface area contributed by atoms with E-state index >= 15 is 0 Å². The minimum Gasteiger partial charge on any atom is -0.506 e. The van der Waals surface area contributed by atoms with E-state index in [9.17, 15) is 24.6 Å². The Labute approximate surface area is 303 Å². The first kappa shape index (κ1) is 35.8. The van der Waals surface area contributed by atoms with Gasteiger partial charge in [0.15, 0.2) is 0 Å². The van der Waals surface area contributed by atoms with Gasteiger partial charge in [0.2, 0.25) is 5.56 Å². The summed E-state index contributed by atoms with van der Waals surface area (Å²) in [7, 11) is 0. The van der Waals surface area contributed by atoms with Crippen LogP contribution >= 0.6 is 0 Å². The van der Waals surface area contributed by atoms with Crippen LogP contribution in [-0.4, -0.2) is 77.3 Å². The van der Waals surface area contributed by atoms with Crippen molar-refractivity contribution in [2.24, 2.45) is 5.92 Å². The zero-order chi connectivity index (χ0) is 36.2. The van der Waals surface area contributed by atoms with Crippen LogP contribution in [0.3, 0.4) is 0 Å². The Bertz CT molecular complexity index is 1990. The second-order valence-corrected chi connectivity index (χ2v) is 14.6. The molecule has 1 aromatic heterocycles. The molecule has 0 saturated carbocycles. The van der Waals surface area contributed by atoms with Gasteiger partial charge in [0.1, 0.15) is 17.4 Å². The number of pyridine rings is 1. The Kier molecular flexibility index (Phi) is 10.7. The molecule has 4 aliphatic rings. The maximum absolute atomic E-state index is 14.2. The number of aromatic hydroxyl groups is 1. The van der Waals surface area contributed by atoms with Crippen molar-refractivity contribution >= 4 is 22.8 Å². The number of aliphatic hydroxyl groups excluding tert-OH is 1. The number of esters is 1. The number of ether oxygens (including phenoxy) is 1. The zero-order valence-electron chi connectivity index (χ0n) is 29.7. The van der Waals surface area contributed by atoms with Crippen LogP contribution in [0.1, 0.15) is 76.4 Å². The number of hydrogen-bond donors (Lipinski definition) is 6. The summed E-state index contributed by atoms with van der Waals surface area (Å²) in [6.45, 7) is 6.96. The van der Waals surface area contributed by atoms with Gasteiger partial charge in [0.25, 0.3) is 5.91 Å². The van der Waals surface area contributed by atoms with Crippen LogP contribution in [0, 0.1) is 12.8 Å². The number of phenols is 1. The average Bonchev–Trinajstić information content (AvgIpc) is 3.55. The van der Waals surface area contributed by atoms with Gasteiger partial charge < -0.3 is 30.6 Å². The summed E-state index contributed by atoms with van der Waals surface area (Å²) < 4.78 is 6.35. The molecule has 8 rings (SSSR count). The number of hydrogen-bond acceptors (Lipinski definition) is 9. The van der Waals surface area contributed by atoms with E-state index in [-0.39, 0.29) is 29.3 Å². The molecule has 1 aliphatic carbocycles. The van der Waals surface area contributed by atoms with Gasteiger partial charge in [0.05, 0.1) is 11.6 Å². The van der Waals surface area contributed by atoms with E-state index in [1.807, 2.05) is 24.3 Å². The number of nitrogens with zero attached hydrogens (tertiary/aromatic N) is 1. The first-order chi connectivity index (χ1) is 25.2. The largest absolute Gasteiger partial charge is 0.506 e. The van der Waals surface area contributed by atoms with Gasteiger partial charge in [0, 0.05) is 43.2 Å². The molecule has 0 radical (unpaired) electrons. The van der Waals surface area contributed by atoms with E-state index < -0.39 is 11.6 Å². The Morgan fingerprint density at radius 2 is 1.85 bits per heavy atom. The maximum Gasteiger partial charge on any atom is 0.331 e. The molecular formula is C41H49N5O6. The topological polar surface area (TPSA) is 156 Å². The Morgan fingerprint density at radius 1 is 1.04 bits per heavy atom. The first-order valence-electron chi connectivity index (χ1n) is 18.6. The standard InChI is InChI=1S/C41H49N5O6/c1-26-6-4-9-33-30(26)14-17-41(33,40(51)52-36-25-46-20-15-28(36)16-21-46)44-23-27-7-5-8-29(22-27)39(50)43-19-3-2-18-42-24-35(48)31-10-12-34(47)38-32(31)11-13-37(49)45-38/h4-13,22,28,35-36,42,44,47-48H,2-3,14-21,23-25H2,1H3,(H,43,50)(H,45,49)/t35?,36-,41?/m0/s1. The van der Waals surface area contributed by atoms with Gasteiger partial charge in [-0.25, -0.2) is 4.79 Å². The number of aryl methyl sites for hydroxylation is 1. The molecule has 4 aromatic rings. The summed E-state index contributed by atoms with van der Waals surface area (Å²) in [4.78, 5) is 44.0. The summed E-state index contributed by atoms with van der Waals surface area (Å²) in [5.74, 6) is 0.0364. The summed E-state index contributed by atoms with van der Waals surface area (Å²) >= 11 is 0. The van der Waals surface area contributed by atoms with Crippen molar-refractivity contribution in [2.75, 3.05) is 39.3 Å². The Balaban J connectivity index is 0.900. The molecule has 52 heavy (non-hydrogen) atoms. The van der Waals surface area contributed by atoms with Crippen LogP contribution in [-0.2, 0) is 28.0 Å². The molecule has 1 amide bonds. The monoisotopic (exact) mass is 707 g/mol. The Morgan fingerprint density at radius 3 is 2.65 bits per heavy atom. The minimum atomic E-state index is -0.937. The van der Waals surface area contributed by atoms with E-state index in [2.05, 4.69) is 44.9 Å². The molecule has 4 heterocycles. The van der Waals surface area contributed by atoms with E-state index in [1.54, 1.807) is 18.2 Å². The molecule has 3 aliphatic heterocycles. The predicted molar refractivity (Wildman–Crippen MR) is 199 cm³/mol. The number of fused-ring (bicyclic) bond motifs is 5. The molecule has 3 fully saturated rings. The van der Waals surface area contributed by atoms with Crippen molar-refractivity contribution < 1.29 is 24.5 Å². The second kappa shape index (κ2) is 15.6. The van der Waals surface area contributed by atoms with E-state index in [4.69, 9.17) is 4.74 Å². The van der Waals surface area contributed by atoms with E-state index in [0.29, 0.717) is 60.5 Å². The van der Waals surface area contributed by atoms with Crippen molar-refractivity contribution in [2.45, 2.75) is 69.7 Å². The lowest BCUT2D eigenvalue weighted by molar-refractivity contribution is -0.167. The number of benzene rings is 3. The number of H-pyrrole nitrogens is 1. The fraction of sp³-hybridized carbons (Fsp3) is 0.439. The lowest BCUT2D eigenvalue weighted by Crippen LogP contribution is -2.55. The van der Waals surface area contributed by atoms with E-state index in [1.165, 1.54) is 23.3 Å². The molecule has 3 saturated heterocycles. The highest BCUT2D eigenvalue weighted by molar-refractivity contribution is 5.94. The van der Waals surface area contributed by atoms with Crippen molar-refractivity contribution in [1.82, 2.24) is 25.8 Å². The summed E-state index contributed by atoms with van der Waals surface area (Å²) in [5.41, 5.74) is 4.54. The van der Waals surface area contributed by atoms with Crippen molar-refractivity contribution in [1.29, 1.82) is 0 Å². The predicted octanol–water partition coefficient (Wildman–Crippen LogP) is 3.94. The van der Waals surface area contributed by atoms with Gasteiger partial charge in [-0.3, -0.25) is 19.8 Å². The number of piperidine rings is 3. The average molecular weight is 708 g/mol. The summed E-state index contributed by atoms with van der Waals surface area (Å²) in [6.07, 6.45) is 4.25. The van der Waals surface area contributed by atoms with Crippen molar-refractivity contribution in [3.05, 3.63) is 110 Å². The van der Waals surface area contributed by atoms with E-state index in [0.717, 1.165) is 62.9 Å². The lowest BCUT2D eigenvalue weighted by Gasteiger charge is -2.45. The van der Waals surface area contributed by atoms with Crippen LogP contribution in [0.25, 0.3) is 10.9 Å². The third-order valence-electron chi connectivity index (χ3n) is 11.3. The fourth-order valence-electron chi connectivity index (χ4n) is 8.28. The molecule has 3 atom stereocenters. The van der Waals surface area contributed by atoms with Gasteiger partial charge >= 0.3 is 5.97 Å². The molecule has 2 unspecified atom stereocenters. The number of aromatic nitrogens is 1. The lowest BCUT2D eigenvalue weighted by atomic mass is 9.85. The molecule has 11 nitrogen and oxygen atoms in total. The molecular weight excluding hydrogens is 658 g/mol. The van der Waals surface area contributed by atoms with Crippen LogP contribution in [0.4, 0.5) is 0 Å². The molecule has 0 spiro atoms. The van der Waals surface area contributed by atoms with Crippen LogP contribution in [0.2, 0.25) is 0 Å². The molecule has 3 aromatic carbocycles. The van der Waals surface area contributed by atoms with Gasteiger partial charge in [-0.15, -0.1) is 0 Å². The summed E-state index contributed by atoms with van der Waals surface area (Å²) in [6, 6.07) is 19.8. The third-order valence-corrected chi connectivity index (χ3v) is 11.3. The van der Waals surface area contributed by atoms with Crippen molar-refractivity contribution in [3.8, 4) is 5.75 Å². The second-order valence-electron chi connectivity index (χ2n) is 14.6. The molecule has 2 bridgehead atoms. The van der Waals surface area contributed by atoms with Gasteiger partial charge in [-0.05, 0) is 123 Å². The van der Waals surface area contributed by atoms with Crippen LogP contribution < -0.4 is 21.5 Å². The Hall–Kier alpha value is -4.55. The SMILES string of the molecule is Cc1cccc2c1CCC2(NCc1cccc(C(=O)NCCCCNCC(O)c2ccc(O)c3[nH]c(=O)ccc23)c1)C(=O)O[C@H]1CN2CCC1CC2. The smallest absolute Gasteiger partial charge is 0.331 e. The number of unbranched alkanes of at least 4 members (excludes halogenated alkanes) is 1. The highest BCUT2D eigenvalue weighted by Gasteiger charge is 2.49. The normalized spacial score (nSPS) is 22.6. The fourth-order valence-corrected chi connectivity index (χ4v) is 8.28. The first-order valence-corrected chi connectivity index (χ1v) is 18.6. The highest BCUT2D eigenvalue weighted by atomic mass is 16.5. The van der Waals surface area contributed by atoms with Crippen LogP contribution in [0.15, 0.2) is 71.5 Å².